The van der Waals surface area contributed by atoms with Gasteiger partial charge in [-0.2, -0.15) is 0 Å². The standard InChI is InChI=1S/C31H29FO4/c1-21-15-28(36-19-23-7-4-3-5-8-23)16-22(2)31(21)26-10-6-9-24(17-26)20-35-27-13-11-25(29(32)18-27)12-14-30(33)34/h3-11,13,15-18H,12,14,19-20H2,1-2H3,(H,33,34). The van der Waals surface area contributed by atoms with Crippen molar-refractivity contribution in [2.75, 3.05) is 0 Å². The minimum absolute atomic E-state index is 0.108. The topological polar surface area (TPSA) is 55.8 Å². The molecule has 0 unspecified atom stereocenters. The summed E-state index contributed by atoms with van der Waals surface area (Å²) >= 11 is 0. The summed E-state index contributed by atoms with van der Waals surface area (Å²) < 4.78 is 26.1. The van der Waals surface area contributed by atoms with Crippen LogP contribution in [0.3, 0.4) is 0 Å². The van der Waals surface area contributed by atoms with Crippen LogP contribution < -0.4 is 9.47 Å². The van der Waals surface area contributed by atoms with Crippen LogP contribution in [-0.2, 0) is 24.4 Å². The van der Waals surface area contributed by atoms with Crippen LogP contribution in [0.4, 0.5) is 4.39 Å². The van der Waals surface area contributed by atoms with Crippen LogP contribution in [0.25, 0.3) is 11.1 Å². The summed E-state index contributed by atoms with van der Waals surface area (Å²) in [6, 6.07) is 26.9. The second kappa shape index (κ2) is 11.5. The minimum atomic E-state index is -0.950. The number of carboxylic acid groups (broad SMARTS) is 1. The van der Waals surface area contributed by atoms with E-state index < -0.39 is 11.8 Å². The number of carboxylic acids is 1. The van der Waals surface area contributed by atoms with Gasteiger partial charge in [0, 0.05) is 12.5 Å². The summed E-state index contributed by atoms with van der Waals surface area (Å²) in [5.41, 5.74) is 6.93. The van der Waals surface area contributed by atoms with E-state index in [1.54, 1.807) is 12.1 Å². The largest absolute Gasteiger partial charge is 0.489 e. The van der Waals surface area contributed by atoms with Crippen LogP contribution in [0.1, 0.15) is 34.2 Å². The summed E-state index contributed by atoms with van der Waals surface area (Å²) in [4.78, 5) is 10.7. The molecule has 4 aromatic carbocycles. The molecule has 0 aliphatic rings. The van der Waals surface area contributed by atoms with Crippen molar-refractivity contribution in [1.29, 1.82) is 0 Å². The fraction of sp³-hybridized carbons (Fsp3) is 0.194. The Labute approximate surface area is 211 Å². The van der Waals surface area contributed by atoms with Crippen molar-refractivity contribution in [2.24, 2.45) is 0 Å². The molecule has 0 amide bonds. The molecule has 36 heavy (non-hydrogen) atoms. The number of halogens is 1. The summed E-state index contributed by atoms with van der Waals surface area (Å²) in [6.45, 7) is 4.97. The third-order valence-corrected chi connectivity index (χ3v) is 6.01. The lowest BCUT2D eigenvalue weighted by atomic mass is 9.94. The van der Waals surface area contributed by atoms with E-state index in [0.717, 1.165) is 39.1 Å². The van der Waals surface area contributed by atoms with E-state index in [1.807, 2.05) is 42.5 Å². The van der Waals surface area contributed by atoms with Gasteiger partial charge in [0.05, 0.1) is 0 Å². The van der Waals surface area contributed by atoms with E-state index >= 15 is 0 Å². The minimum Gasteiger partial charge on any atom is -0.489 e. The monoisotopic (exact) mass is 484 g/mol. The molecule has 4 aromatic rings. The second-order valence-electron chi connectivity index (χ2n) is 8.84. The van der Waals surface area contributed by atoms with Gasteiger partial charge in [0.25, 0.3) is 0 Å². The Bertz CT molecular complexity index is 1330. The lowest BCUT2D eigenvalue weighted by Crippen LogP contribution is -2.01. The molecule has 184 valence electrons. The molecule has 0 radical (unpaired) electrons. The van der Waals surface area contributed by atoms with Crippen LogP contribution in [-0.4, -0.2) is 11.1 Å². The van der Waals surface area contributed by atoms with Gasteiger partial charge in [0.1, 0.15) is 30.5 Å². The molecule has 0 atom stereocenters. The molecule has 0 spiro atoms. The van der Waals surface area contributed by atoms with Crippen molar-refractivity contribution >= 4 is 5.97 Å². The first-order chi connectivity index (χ1) is 17.4. The molecule has 5 heteroatoms. The zero-order valence-corrected chi connectivity index (χ0v) is 20.5. The van der Waals surface area contributed by atoms with Gasteiger partial charge < -0.3 is 14.6 Å². The van der Waals surface area contributed by atoms with Crippen molar-refractivity contribution in [2.45, 2.75) is 39.9 Å². The first-order valence-electron chi connectivity index (χ1n) is 11.9. The highest BCUT2D eigenvalue weighted by atomic mass is 19.1. The van der Waals surface area contributed by atoms with Gasteiger partial charge in [-0.15, -0.1) is 0 Å². The predicted molar refractivity (Wildman–Crippen MR) is 139 cm³/mol. The SMILES string of the molecule is Cc1cc(OCc2ccccc2)cc(C)c1-c1cccc(COc2ccc(CCC(=O)O)c(F)c2)c1. The Hall–Kier alpha value is -4.12. The molecule has 0 saturated carbocycles. The van der Waals surface area contributed by atoms with Crippen molar-refractivity contribution in [3.8, 4) is 22.6 Å². The average Bonchev–Trinajstić information content (AvgIpc) is 2.86. The molecule has 0 saturated heterocycles. The Morgan fingerprint density at radius 2 is 1.44 bits per heavy atom. The molecule has 0 bridgehead atoms. The lowest BCUT2D eigenvalue weighted by Gasteiger charge is -2.15. The van der Waals surface area contributed by atoms with Crippen molar-refractivity contribution < 1.29 is 23.8 Å². The van der Waals surface area contributed by atoms with Gasteiger partial charge in [-0.05, 0) is 83.5 Å². The van der Waals surface area contributed by atoms with E-state index in [0.29, 0.717) is 17.9 Å². The fourth-order valence-corrected chi connectivity index (χ4v) is 4.25. The summed E-state index contributed by atoms with van der Waals surface area (Å²) in [6.07, 6.45) is 0.0428. The molecule has 0 aliphatic heterocycles. The first-order valence-corrected chi connectivity index (χ1v) is 11.9. The van der Waals surface area contributed by atoms with Crippen LogP contribution in [0.15, 0.2) is 84.9 Å². The molecule has 0 heterocycles. The molecular weight excluding hydrogens is 455 g/mol. The highest BCUT2D eigenvalue weighted by molar-refractivity contribution is 5.72. The van der Waals surface area contributed by atoms with Crippen molar-refractivity contribution in [3.63, 3.8) is 0 Å². The zero-order valence-electron chi connectivity index (χ0n) is 20.5. The molecule has 1 N–H and O–H groups in total. The zero-order chi connectivity index (χ0) is 25.5. The maximum Gasteiger partial charge on any atom is 0.303 e. The van der Waals surface area contributed by atoms with Gasteiger partial charge in [-0.3, -0.25) is 4.79 Å². The normalized spacial score (nSPS) is 10.8. The van der Waals surface area contributed by atoms with E-state index in [2.05, 4.69) is 38.1 Å². The third-order valence-electron chi connectivity index (χ3n) is 6.01. The maximum absolute atomic E-state index is 14.3. The van der Waals surface area contributed by atoms with Crippen LogP contribution in [0.5, 0.6) is 11.5 Å². The summed E-state index contributed by atoms with van der Waals surface area (Å²) in [5.74, 6) is -0.159. The number of rotatable bonds is 10. The molecule has 4 nitrogen and oxygen atoms in total. The maximum atomic E-state index is 14.3. The summed E-state index contributed by atoms with van der Waals surface area (Å²) in [5, 5.41) is 8.80. The Balaban J connectivity index is 1.44. The number of benzene rings is 4. The number of hydrogen-bond donors (Lipinski definition) is 1. The second-order valence-corrected chi connectivity index (χ2v) is 8.84. The Morgan fingerprint density at radius 3 is 2.14 bits per heavy atom. The number of carbonyl (C=O) groups is 1. The molecule has 4 rings (SSSR count). The average molecular weight is 485 g/mol. The lowest BCUT2D eigenvalue weighted by molar-refractivity contribution is -0.136. The van der Waals surface area contributed by atoms with Gasteiger partial charge in [0.15, 0.2) is 0 Å². The fourth-order valence-electron chi connectivity index (χ4n) is 4.25. The summed E-state index contributed by atoms with van der Waals surface area (Å²) in [7, 11) is 0. The number of ether oxygens (including phenoxy) is 2. The first kappa shape index (κ1) is 25.0. The van der Waals surface area contributed by atoms with Crippen molar-refractivity contribution in [3.05, 3.63) is 119 Å². The van der Waals surface area contributed by atoms with Crippen LogP contribution in [0, 0.1) is 19.7 Å². The van der Waals surface area contributed by atoms with Crippen LogP contribution >= 0.6 is 0 Å². The smallest absolute Gasteiger partial charge is 0.303 e. The van der Waals surface area contributed by atoms with E-state index in [-0.39, 0.29) is 19.4 Å². The molecular formula is C31H29FO4. The molecule has 0 fully saturated rings. The van der Waals surface area contributed by atoms with Gasteiger partial charge >= 0.3 is 5.97 Å². The quantitative estimate of drug-likeness (QED) is 0.257. The number of hydrogen-bond acceptors (Lipinski definition) is 3. The number of aliphatic carboxylic acids is 1. The highest BCUT2D eigenvalue weighted by Gasteiger charge is 2.11. The van der Waals surface area contributed by atoms with E-state index in [4.69, 9.17) is 14.6 Å². The van der Waals surface area contributed by atoms with Crippen LogP contribution in [0.2, 0.25) is 0 Å². The van der Waals surface area contributed by atoms with Gasteiger partial charge in [-0.1, -0.05) is 54.6 Å². The molecule has 0 aliphatic carbocycles. The van der Waals surface area contributed by atoms with E-state index in [9.17, 15) is 9.18 Å². The van der Waals surface area contributed by atoms with Gasteiger partial charge in [0.2, 0.25) is 0 Å². The van der Waals surface area contributed by atoms with Crippen molar-refractivity contribution in [1.82, 2.24) is 0 Å². The number of aryl methyl sites for hydroxylation is 3. The Morgan fingerprint density at radius 1 is 0.778 bits per heavy atom. The van der Waals surface area contributed by atoms with E-state index in [1.165, 1.54) is 6.07 Å². The molecule has 0 aromatic heterocycles. The van der Waals surface area contributed by atoms with Gasteiger partial charge in [-0.25, -0.2) is 4.39 Å². The third kappa shape index (κ3) is 6.51. The predicted octanol–water partition coefficient (Wildman–Crippen LogP) is 7.28. The highest BCUT2D eigenvalue weighted by Crippen LogP contribution is 2.32. The Kier molecular flexibility index (Phi) is 8.01.